The van der Waals surface area contributed by atoms with Crippen molar-refractivity contribution in [1.82, 2.24) is 0 Å². The third-order valence-electron chi connectivity index (χ3n) is 7.72. The average Bonchev–Trinajstić information content (AvgIpc) is 2.94. The van der Waals surface area contributed by atoms with Gasteiger partial charge in [-0.25, -0.2) is 0 Å². The van der Waals surface area contributed by atoms with E-state index in [1.54, 1.807) is 11.8 Å². The molecule has 0 bridgehead atoms. The summed E-state index contributed by atoms with van der Waals surface area (Å²) in [7, 11) is 0. The Bertz CT molecular complexity index is 1600. The van der Waals surface area contributed by atoms with Crippen LogP contribution in [-0.4, -0.2) is 5.78 Å². The van der Waals surface area contributed by atoms with Crippen LogP contribution < -0.4 is 10.6 Å². The molecule has 3 aromatic carbocycles. The fraction of sp³-hybridized carbons (Fsp3) is 0.273. The molecule has 210 valence electrons. The van der Waals surface area contributed by atoms with Gasteiger partial charge < -0.3 is 5.73 Å². The minimum absolute atomic E-state index is 0.0613. The highest BCUT2D eigenvalue weighted by Gasteiger charge is 2.41. The largest absolute Gasteiger partial charge is 0.416 e. The van der Waals surface area contributed by atoms with Gasteiger partial charge in [0.1, 0.15) is 5.82 Å². The van der Waals surface area contributed by atoms with E-state index in [2.05, 4.69) is 24.3 Å². The van der Waals surface area contributed by atoms with E-state index in [0.29, 0.717) is 30.5 Å². The summed E-state index contributed by atoms with van der Waals surface area (Å²) >= 11 is 1.79. The van der Waals surface area contributed by atoms with E-state index in [0.717, 1.165) is 45.9 Å². The zero-order chi connectivity index (χ0) is 29.3. The quantitative estimate of drug-likeness (QED) is 0.323. The topological polar surface area (TPSA) is 70.1 Å². The summed E-state index contributed by atoms with van der Waals surface area (Å²) in [6.45, 7) is 3.99. The van der Waals surface area contributed by atoms with Crippen LogP contribution in [-0.2, 0) is 22.5 Å². The van der Waals surface area contributed by atoms with Crippen molar-refractivity contribution in [3.05, 3.63) is 123 Å². The molecule has 1 aliphatic heterocycles. The summed E-state index contributed by atoms with van der Waals surface area (Å²) in [5.41, 5.74) is 12.4. The van der Waals surface area contributed by atoms with Crippen LogP contribution in [0.1, 0.15) is 58.6 Å². The molecule has 0 saturated carbocycles. The number of Topliss-reactive ketones (excluding diaryl/α,β-unsaturated/α-hetero) is 1. The van der Waals surface area contributed by atoms with Gasteiger partial charge in [0.25, 0.3) is 0 Å². The molecule has 1 unspecified atom stereocenters. The molecule has 0 spiro atoms. The highest BCUT2D eigenvalue weighted by molar-refractivity contribution is 7.97. The van der Waals surface area contributed by atoms with Gasteiger partial charge in [-0.1, -0.05) is 54.1 Å². The molecule has 0 radical (unpaired) electrons. The number of anilines is 1. The molecule has 0 aromatic heterocycles. The minimum atomic E-state index is -4.54. The number of thioether (sulfide) groups is 1. The summed E-state index contributed by atoms with van der Waals surface area (Å²) in [6, 6.07) is 21.4. The van der Waals surface area contributed by atoms with Crippen LogP contribution in [0.4, 0.5) is 18.9 Å². The second-order valence-electron chi connectivity index (χ2n) is 10.5. The molecule has 0 amide bonds. The zero-order valence-electron chi connectivity index (χ0n) is 22.9. The number of ketones is 1. The third kappa shape index (κ3) is 5.64. The molecule has 4 nitrogen and oxygen atoms in total. The van der Waals surface area contributed by atoms with Gasteiger partial charge in [0.2, 0.25) is 0 Å². The molecule has 0 saturated heterocycles. The summed E-state index contributed by atoms with van der Waals surface area (Å²) < 4.78 is 40.7. The van der Waals surface area contributed by atoms with Crippen LogP contribution in [0.15, 0.2) is 89.4 Å². The van der Waals surface area contributed by atoms with E-state index in [1.807, 2.05) is 38.1 Å². The minimum Gasteiger partial charge on any atom is -0.384 e. The first-order valence-electron chi connectivity index (χ1n) is 13.4. The van der Waals surface area contributed by atoms with Crippen LogP contribution in [0.3, 0.4) is 0 Å². The maximum atomic E-state index is 13.6. The van der Waals surface area contributed by atoms with E-state index in [1.165, 1.54) is 22.6 Å². The van der Waals surface area contributed by atoms with E-state index < -0.39 is 17.7 Å². The van der Waals surface area contributed by atoms with Crippen molar-refractivity contribution in [2.24, 2.45) is 5.73 Å². The number of carbonyl (C=O) groups excluding carboxylic acids is 1. The summed E-state index contributed by atoms with van der Waals surface area (Å²) in [5.74, 6) is 0.880. The van der Waals surface area contributed by atoms with Crippen LogP contribution in [0.2, 0.25) is 0 Å². The first-order valence-corrected chi connectivity index (χ1v) is 14.6. The van der Waals surface area contributed by atoms with Crippen LogP contribution in [0.5, 0.6) is 0 Å². The molecule has 1 atom stereocenters. The van der Waals surface area contributed by atoms with Gasteiger partial charge in [-0.15, -0.1) is 0 Å². The van der Waals surface area contributed by atoms with E-state index in [-0.39, 0.29) is 22.9 Å². The van der Waals surface area contributed by atoms with Crippen molar-refractivity contribution in [2.45, 2.75) is 56.7 Å². The fourth-order valence-electron chi connectivity index (χ4n) is 5.78. The smallest absolute Gasteiger partial charge is 0.384 e. The van der Waals surface area contributed by atoms with E-state index >= 15 is 0 Å². The van der Waals surface area contributed by atoms with Crippen molar-refractivity contribution in [1.29, 1.82) is 5.26 Å². The number of nitrogens with two attached hydrogens (primary N) is 1. The van der Waals surface area contributed by atoms with Crippen molar-refractivity contribution in [2.75, 3.05) is 4.90 Å². The fourth-order valence-corrected chi connectivity index (χ4v) is 6.83. The van der Waals surface area contributed by atoms with Crippen molar-refractivity contribution < 1.29 is 18.0 Å². The Labute approximate surface area is 242 Å². The van der Waals surface area contributed by atoms with Crippen LogP contribution in [0.25, 0.3) is 0 Å². The number of allylic oxidation sites excluding steroid dienone is 3. The second-order valence-corrected chi connectivity index (χ2v) is 11.5. The predicted molar refractivity (Wildman–Crippen MR) is 157 cm³/mol. The maximum absolute atomic E-state index is 13.6. The Balaban J connectivity index is 1.60. The van der Waals surface area contributed by atoms with Gasteiger partial charge in [-0.3, -0.25) is 9.69 Å². The molecule has 5 rings (SSSR count). The van der Waals surface area contributed by atoms with E-state index in [9.17, 15) is 23.2 Å². The van der Waals surface area contributed by atoms with Gasteiger partial charge in [0.05, 0.1) is 23.1 Å². The Morgan fingerprint density at radius 1 is 1.02 bits per heavy atom. The molecule has 41 heavy (non-hydrogen) atoms. The Hall–Kier alpha value is -3.96. The molecule has 2 aliphatic rings. The van der Waals surface area contributed by atoms with Gasteiger partial charge >= 0.3 is 6.18 Å². The monoisotopic (exact) mass is 573 g/mol. The van der Waals surface area contributed by atoms with Gasteiger partial charge in [0, 0.05) is 34.9 Å². The van der Waals surface area contributed by atoms with Gasteiger partial charge in [-0.2, -0.15) is 30.2 Å². The van der Waals surface area contributed by atoms with Gasteiger partial charge in [-0.05, 0) is 67.1 Å². The molecule has 0 fully saturated rings. The number of rotatable bonds is 6. The molecular formula is C33H30F3N3OS. The molecule has 3 aromatic rings. The van der Waals surface area contributed by atoms with Gasteiger partial charge in [0.15, 0.2) is 5.78 Å². The zero-order valence-corrected chi connectivity index (χ0v) is 23.7. The van der Waals surface area contributed by atoms with Crippen molar-refractivity contribution >= 4 is 23.2 Å². The average molecular weight is 574 g/mol. The highest BCUT2D eigenvalue weighted by Crippen LogP contribution is 2.48. The molecular weight excluding hydrogens is 543 g/mol. The summed E-state index contributed by atoms with van der Waals surface area (Å²) in [6.07, 6.45) is -3.20. The van der Waals surface area contributed by atoms with Crippen molar-refractivity contribution in [3.63, 3.8) is 0 Å². The first-order chi connectivity index (χ1) is 19.6. The Kier molecular flexibility index (Phi) is 8.01. The first kappa shape index (κ1) is 28.6. The highest BCUT2D eigenvalue weighted by atomic mass is 32.2. The Morgan fingerprint density at radius 2 is 1.78 bits per heavy atom. The molecule has 2 N–H and O–H groups in total. The normalized spacial score (nSPS) is 17.5. The number of benzene rings is 3. The van der Waals surface area contributed by atoms with Crippen LogP contribution in [0, 0.1) is 25.2 Å². The standard InChI is InChI=1S/C33H30F3N3OS/c1-20-14-23(19-41-18-22-8-4-3-5-9-22)21(2)26(15-20)30-27(17-37)32(38)39(28-12-7-13-29(40)31(28)30)25-11-6-10-24(16-25)33(34,35)36/h3-6,8-11,14-16,30H,7,12-13,18-19,38H2,1-2H3. The molecule has 1 aliphatic carbocycles. The lowest BCUT2D eigenvalue weighted by Crippen LogP contribution is -2.39. The lowest BCUT2D eigenvalue weighted by atomic mass is 9.73. The maximum Gasteiger partial charge on any atom is 0.416 e. The number of hydrogen-bond donors (Lipinski definition) is 1. The summed E-state index contributed by atoms with van der Waals surface area (Å²) in [4.78, 5) is 15.0. The number of nitriles is 1. The van der Waals surface area contributed by atoms with Crippen LogP contribution >= 0.6 is 11.8 Å². The second kappa shape index (κ2) is 11.5. The van der Waals surface area contributed by atoms with Crippen molar-refractivity contribution in [3.8, 4) is 6.07 Å². The molecule has 8 heteroatoms. The number of nitrogens with zero attached hydrogens (tertiary/aromatic N) is 2. The SMILES string of the molecule is Cc1cc(CSCc2ccccc2)c(C)c(C2C(C#N)=C(N)N(c3cccc(C(F)(F)F)c3)C3=C2C(=O)CCC3)c1. The number of aryl methyl sites for hydroxylation is 1. The lowest BCUT2D eigenvalue weighted by Gasteiger charge is -2.40. The number of alkyl halides is 3. The third-order valence-corrected chi connectivity index (χ3v) is 8.78. The number of halogens is 3. The summed E-state index contributed by atoms with van der Waals surface area (Å²) in [5, 5.41) is 10.4. The lowest BCUT2D eigenvalue weighted by molar-refractivity contribution is -0.137. The Morgan fingerprint density at radius 3 is 2.49 bits per heavy atom. The van der Waals surface area contributed by atoms with E-state index in [4.69, 9.17) is 5.73 Å². The number of hydrogen-bond acceptors (Lipinski definition) is 5. The predicted octanol–water partition coefficient (Wildman–Crippen LogP) is 8.06. The molecule has 1 heterocycles. The number of carbonyl (C=O) groups is 1.